The van der Waals surface area contributed by atoms with Crippen LogP contribution >= 0.6 is 0 Å². The molecule has 0 fully saturated rings. The quantitative estimate of drug-likeness (QED) is 0.750. The minimum absolute atomic E-state index is 0.0432. The summed E-state index contributed by atoms with van der Waals surface area (Å²) in [5.74, 6) is -1.58. The number of hydrogen-bond acceptors (Lipinski definition) is 3. The fourth-order valence-electron chi connectivity index (χ4n) is 1.92. The van der Waals surface area contributed by atoms with Gasteiger partial charge in [-0.25, -0.2) is 0 Å². The Bertz CT molecular complexity index is 555. The summed E-state index contributed by atoms with van der Waals surface area (Å²) in [5, 5.41) is 14.1. The van der Waals surface area contributed by atoms with E-state index < -0.39 is 5.97 Å². The van der Waals surface area contributed by atoms with E-state index in [9.17, 15) is 14.4 Å². The summed E-state index contributed by atoms with van der Waals surface area (Å²) in [4.78, 5) is 33.5. The molecule has 0 heterocycles. The first kappa shape index (κ1) is 16.7. The highest BCUT2D eigenvalue weighted by Crippen LogP contribution is 2.21. The van der Waals surface area contributed by atoms with Gasteiger partial charge in [0.2, 0.25) is 11.8 Å². The normalized spacial score (nSPS) is 11.6. The summed E-state index contributed by atoms with van der Waals surface area (Å²) in [6.07, 6.45) is 0.0914. The van der Waals surface area contributed by atoms with Crippen molar-refractivity contribution in [2.45, 2.75) is 33.6 Å². The topological polar surface area (TPSA) is 95.5 Å². The monoisotopic (exact) mass is 292 g/mol. The Morgan fingerprint density at radius 1 is 1.19 bits per heavy atom. The fraction of sp³-hybridized carbons (Fsp3) is 0.400. The number of aliphatic carboxylic acids is 1. The van der Waals surface area contributed by atoms with Crippen LogP contribution < -0.4 is 10.6 Å². The van der Waals surface area contributed by atoms with Crippen LogP contribution in [0.5, 0.6) is 0 Å². The number of hydrogen-bond donors (Lipinski definition) is 3. The summed E-state index contributed by atoms with van der Waals surface area (Å²) in [6, 6.07) is 5.21. The predicted octanol–water partition coefficient (Wildman–Crippen LogP) is 2.39. The summed E-state index contributed by atoms with van der Waals surface area (Å²) in [7, 11) is 0. The number of amides is 2. The maximum absolute atomic E-state index is 11.8. The number of benzene rings is 1. The molecule has 0 spiro atoms. The van der Waals surface area contributed by atoms with Crippen molar-refractivity contribution in [1.29, 1.82) is 0 Å². The van der Waals surface area contributed by atoms with Gasteiger partial charge in [-0.15, -0.1) is 0 Å². The molecule has 0 saturated heterocycles. The third-order valence-corrected chi connectivity index (χ3v) is 2.89. The molecular formula is C15H20N2O4. The SMILES string of the molecule is CC(=O)Nc1cc(NC(=O)CC(C)CC(=O)O)ccc1C. The first-order chi connectivity index (χ1) is 9.77. The highest BCUT2D eigenvalue weighted by Gasteiger charge is 2.13. The molecule has 0 aliphatic rings. The van der Waals surface area contributed by atoms with Crippen LogP contribution in [0.15, 0.2) is 18.2 Å². The van der Waals surface area contributed by atoms with Crippen LogP contribution in [0.1, 0.15) is 32.3 Å². The molecule has 3 N–H and O–H groups in total. The molecule has 0 bridgehead atoms. The minimum Gasteiger partial charge on any atom is -0.481 e. The second kappa shape index (κ2) is 7.42. The van der Waals surface area contributed by atoms with Gasteiger partial charge < -0.3 is 15.7 Å². The van der Waals surface area contributed by atoms with Gasteiger partial charge in [0.05, 0.1) is 0 Å². The number of carboxylic acid groups (broad SMARTS) is 1. The Labute approximate surface area is 123 Å². The minimum atomic E-state index is -0.918. The van der Waals surface area contributed by atoms with Crippen LogP contribution in [-0.4, -0.2) is 22.9 Å². The molecule has 1 unspecified atom stereocenters. The van der Waals surface area contributed by atoms with Crippen molar-refractivity contribution in [3.05, 3.63) is 23.8 Å². The Morgan fingerprint density at radius 3 is 2.43 bits per heavy atom. The van der Waals surface area contributed by atoms with Gasteiger partial charge in [0.1, 0.15) is 0 Å². The van der Waals surface area contributed by atoms with Gasteiger partial charge in [-0.2, -0.15) is 0 Å². The number of carboxylic acids is 1. The van der Waals surface area contributed by atoms with E-state index in [2.05, 4.69) is 10.6 Å². The highest BCUT2D eigenvalue weighted by atomic mass is 16.4. The molecule has 1 aromatic carbocycles. The molecule has 6 heteroatoms. The lowest BCUT2D eigenvalue weighted by molar-refractivity contribution is -0.138. The predicted molar refractivity (Wildman–Crippen MR) is 80.1 cm³/mol. The van der Waals surface area contributed by atoms with Gasteiger partial charge in [0, 0.05) is 31.1 Å². The van der Waals surface area contributed by atoms with E-state index in [-0.39, 0.29) is 30.6 Å². The summed E-state index contributed by atoms with van der Waals surface area (Å²) < 4.78 is 0. The number of carbonyl (C=O) groups excluding carboxylic acids is 2. The Hall–Kier alpha value is -2.37. The van der Waals surface area contributed by atoms with Crippen molar-refractivity contribution in [2.75, 3.05) is 10.6 Å². The zero-order valence-electron chi connectivity index (χ0n) is 12.4. The van der Waals surface area contributed by atoms with E-state index in [1.807, 2.05) is 6.92 Å². The zero-order chi connectivity index (χ0) is 16.0. The number of anilines is 2. The second-order valence-electron chi connectivity index (χ2n) is 5.17. The highest BCUT2D eigenvalue weighted by molar-refractivity contribution is 5.94. The maximum Gasteiger partial charge on any atom is 0.303 e. The first-order valence-corrected chi connectivity index (χ1v) is 6.67. The van der Waals surface area contributed by atoms with Crippen LogP contribution in [0.2, 0.25) is 0 Å². The molecule has 1 aromatic rings. The van der Waals surface area contributed by atoms with Gasteiger partial charge in [-0.05, 0) is 30.5 Å². The van der Waals surface area contributed by atoms with Crippen molar-refractivity contribution in [1.82, 2.24) is 0 Å². The van der Waals surface area contributed by atoms with E-state index in [0.717, 1.165) is 5.56 Å². The van der Waals surface area contributed by atoms with Gasteiger partial charge >= 0.3 is 5.97 Å². The lowest BCUT2D eigenvalue weighted by Gasteiger charge is -2.12. The van der Waals surface area contributed by atoms with Crippen molar-refractivity contribution in [3.63, 3.8) is 0 Å². The lowest BCUT2D eigenvalue weighted by Crippen LogP contribution is -2.17. The number of rotatable bonds is 6. The van der Waals surface area contributed by atoms with Crippen molar-refractivity contribution >= 4 is 29.2 Å². The average molecular weight is 292 g/mol. The van der Waals surface area contributed by atoms with Gasteiger partial charge in [0.25, 0.3) is 0 Å². The molecule has 1 atom stereocenters. The van der Waals surface area contributed by atoms with Gasteiger partial charge in [-0.1, -0.05) is 13.0 Å². The van der Waals surface area contributed by atoms with Gasteiger partial charge in [0.15, 0.2) is 0 Å². The van der Waals surface area contributed by atoms with E-state index >= 15 is 0 Å². The van der Waals surface area contributed by atoms with Gasteiger partial charge in [-0.3, -0.25) is 14.4 Å². The zero-order valence-corrected chi connectivity index (χ0v) is 12.4. The van der Waals surface area contributed by atoms with Crippen LogP contribution in [0.4, 0.5) is 11.4 Å². The van der Waals surface area contributed by atoms with Crippen molar-refractivity contribution < 1.29 is 19.5 Å². The second-order valence-corrected chi connectivity index (χ2v) is 5.17. The summed E-state index contributed by atoms with van der Waals surface area (Å²) >= 11 is 0. The molecule has 114 valence electrons. The number of carbonyl (C=O) groups is 3. The van der Waals surface area contributed by atoms with Crippen LogP contribution in [0.3, 0.4) is 0 Å². The first-order valence-electron chi connectivity index (χ1n) is 6.67. The molecule has 0 aromatic heterocycles. The van der Waals surface area contributed by atoms with Crippen LogP contribution in [0, 0.1) is 12.8 Å². The van der Waals surface area contributed by atoms with Crippen molar-refractivity contribution in [2.24, 2.45) is 5.92 Å². The summed E-state index contributed by atoms with van der Waals surface area (Å²) in [6.45, 7) is 4.98. The lowest BCUT2D eigenvalue weighted by atomic mass is 10.0. The average Bonchev–Trinajstić information content (AvgIpc) is 2.31. The molecule has 0 saturated carbocycles. The Balaban J connectivity index is 2.68. The maximum atomic E-state index is 11.8. The van der Waals surface area contributed by atoms with Crippen molar-refractivity contribution in [3.8, 4) is 0 Å². The molecule has 0 aliphatic carbocycles. The third-order valence-electron chi connectivity index (χ3n) is 2.89. The largest absolute Gasteiger partial charge is 0.481 e. The number of nitrogens with one attached hydrogen (secondary N) is 2. The number of aryl methyl sites for hydroxylation is 1. The van der Waals surface area contributed by atoms with E-state index in [0.29, 0.717) is 11.4 Å². The molecule has 6 nitrogen and oxygen atoms in total. The molecule has 0 radical (unpaired) electrons. The van der Waals surface area contributed by atoms with E-state index in [4.69, 9.17) is 5.11 Å². The van der Waals surface area contributed by atoms with Crippen LogP contribution in [-0.2, 0) is 14.4 Å². The molecular weight excluding hydrogens is 272 g/mol. The van der Waals surface area contributed by atoms with Crippen LogP contribution in [0.25, 0.3) is 0 Å². The molecule has 0 aliphatic heterocycles. The summed E-state index contributed by atoms with van der Waals surface area (Å²) in [5.41, 5.74) is 2.10. The molecule has 2 amide bonds. The Morgan fingerprint density at radius 2 is 1.86 bits per heavy atom. The van der Waals surface area contributed by atoms with E-state index in [1.165, 1.54) is 6.92 Å². The van der Waals surface area contributed by atoms with E-state index in [1.54, 1.807) is 25.1 Å². The standard InChI is InChI=1S/C15H20N2O4/c1-9(7-15(20)21)6-14(19)17-12-5-4-10(2)13(8-12)16-11(3)18/h4-5,8-9H,6-7H2,1-3H3,(H,16,18)(H,17,19)(H,20,21). The Kier molecular flexibility index (Phi) is 5.90. The smallest absolute Gasteiger partial charge is 0.303 e. The molecule has 21 heavy (non-hydrogen) atoms. The third kappa shape index (κ3) is 6.07. The molecule has 1 rings (SSSR count). The fourth-order valence-corrected chi connectivity index (χ4v) is 1.92.